The smallest absolute Gasteiger partial charge is 0.330 e. The first kappa shape index (κ1) is 24.2. The molecular formula is C28H34N6O3. The largest absolute Gasteiger partial charge is 0.381 e. The third-order valence-electron chi connectivity index (χ3n) is 8.05. The van der Waals surface area contributed by atoms with Crippen LogP contribution in [0.25, 0.3) is 33.2 Å². The number of benzene rings is 1. The topological polar surface area (TPSA) is 87.3 Å². The van der Waals surface area contributed by atoms with Gasteiger partial charge in [-0.1, -0.05) is 12.1 Å². The Kier molecular flexibility index (Phi) is 6.52. The van der Waals surface area contributed by atoms with Gasteiger partial charge in [-0.3, -0.25) is 14.1 Å². The second-order valence-corrected chi connectivity index (χ2v) is 10.3. The van der Waals surface area contributed by atoms with E-state index >= 15 is 0 Å². The molecule has 0 bridgehead atoms. The summed E-state index contributed by atoms with van der Waals surface area (Å²) in [6.45, 7) is 6.12. The van der Waals surface area contributed by atoms with Crippen molar-refractivity contribution in [3.05, 3.63) is 52.7 Å². The number of imidazole rings is 1. The molecule has 194 valence electrons. The van der Waals surface area contributed by atoms with Crippen molar-refractivity contribution in [3.8, 4) is 11.1 Å². The monoisotopic (exact) mass is 502 g/mol. The van der Waals surface area contributed by atoms with Gasteiger partial charge in [0, 0.05) is 43.9 Å². The third kappa shape index (κ3) is 4.45. The van der Waals surface area contributed by atoms with Crippen LogP contribution in [-0.4, -0.2) is 68.7 Å². The molecule has 2 fully saturated rings. The summed E-state index contributed by atoms with van der Waals surface area (Å²) in [7, 11) is 3.48. The van der Waals surface area contributed by atoms with E-state index in [0.29, 0.717) is 5.65 Å². The maximum atomic E-state index is 13.2. The Morgan fingerprint density at radius 3 is 2.59 bits per heavy atom. The third-order valence-corrected chi connectivity index (χ3v) is 8.05. The highest BCUT2D eigenvalue weighted by molar-refractivity contribution is 6.02. The van der Waals surface area contributed by atoms with Crippen LogP contribution in [0.1, 0.15) is 50.4 Å². The number of hydrogen-bond donors (Lipinski definition) is 0. The molecule has 0 N–H and O–H groups in total. The van der Waals surface area contributed by atoms with Crippen molar-refractivity contribution in [1.29, 1.82) is 0 Å². The van der Waals surface area contributed by atoms with Gasteiger partial charge in [-0.05, 0) is 69.5 Å². The van der Waals surface area contributed by atoms with Crippen molar-refractivity contribution in [2.45, 2.75) is 50.9 Å². The van der Waals surface area contributed by atoms with Gasteiger partial charge >= 0.3 is 5.69 Å². The first-order valence-corrected chi connectivity index (χ1v) is 13.2. The number of pyridine rings is 1. The van der Waals surface area contributed by atoms with Crippen LogP contribution < -0.4 is 5.69 Å². The number of nitrogens with zero attached hydrogens (tertiary/aromatic N) is 6. The molecule has 0 unspecified atom stereocenters. The Morgan fingerprint density at radius 1 is 1.08 bits per heavy atom. The van der Waals surface area contributed by atoms with Crippen LogP contribution in [0.2, 0.25) is 0 Å². The summed E-state index contributed by atoms with van der Waals surface area (Å²) in [4.78, 5) is 20.3. The van der Waals surface area contributed by atoms with Crippen LogP contribution in [0.4, 0.5) is 0 Å². The van der Waals surface area contributed by atoms with E-state index in [9.17, 15) is 4.79 Å². The Morgan fingerprint density at radius 2 is 1.86 bits per heavy atom. The predicted octanol–water partition coefficient (Wildman–Crippen LogP) is 3.87. The lowest BCUT2D eigenvalue weighted by atomic mass is 9.89. The summed E-state index contributed by atoms with van der Waals surface area (Å²) in [6, 6.07) is 10.3. The van der Waals surface area contributed by atoms with Crippen molar-refractivity contribution in [3.63, 3.8) is 0 Å². The fourth-order valence-corrected chi connectivity index (χ4v) is 5.62. The van der Waals surface area contributed by atoms with Crippen molar-refractivity contribution in [1.82, 2.24) is 29.2 Å². The van der Waals surface area contributed by atoms with E-state index in [2.05, 4.69) is 34.2 Å². The van der Waals surface area contributed by atoms with Crippen molar-refractivity contribution in [2.24, 2.45) is 7.05 Å². The van der Waals surface area contributed by atoms with E-state index in [1.54, 1.807) is 18.7 Å². The molecule has 0 radical (unpaired) electrons. The molecule has 1 aliphatic heterocycles. The lowest BCUT2D eigenvalue weighted by molar-refractivity contribution is 0.00635. The molecule has 6 rings (SSSR count). The maximum absolute atomic E-state index is 13.2. The normalized spacial score (nSPS) is 21.1. The minimum absolute atomic E-state index is 0.0553. The summed E-state index contributed by atoms with van der Waals surface area (Å²) >= 11 is 0. The molecule has 1 aliphatic carbocycles. The van der Waals surface area contributed by atoms with Crippen LogP contribution >= 0.6 is 0 Å². The van der Waals surface area contributed by atoms with Crippen molar-refractivity contribution in [2.75, 3.05) is 33.4 Å². The van der Waals surface area contributed by atoms with Gasteiger partial charge in [-0.25, -0.2) is 4.79 Å². The standard InChI is InChI=1S/C28H34N6O3/c1-18(37-13-12-33-10-4-5-11-33)24-8-7-20(17-29-24)19-6-9-25-23(14-19)26-27(31-30-25)32(2)28(35)34(26)21-15-22(16-21)36-3/h6-9,14,17-18,21-22H,4-5,10-13,15-16H2,1-3H3/t18-,21-,22-/m1/s1. The second-order valence-electron chi connectivity index (χ2n) is 10.3. The van der Waals surface area contributed by atoms with Crippen LogP contribution in [0.15, 0.2) is 41.3 Å². The quantitative estimate of drug-likeness (QED) is 0.361. The van der Waals surface area contributed by atoms with Gasteiger partial charge < -0.3 is 14.4 Å². The number of rotatable bonds is 8. The number of ether oxygens (including phenoxy) is 2. The minimum Gasteiger partial charge on any atom is -0.381 e. The number of likely N-dealkylation sites (tertiary alicyclic amines) is 1. The predicted molar refractivity (Wildman–Crippen MR) is 143 cm³/mol. The highest BCUT2D eigenvalue weighted by Gasteiger charge is 2.34. The van der Waals surface area contributed by atoms with E-state index in [1.807, 2.05) is 29.0 Å². The second kappa shape index (κ2) is 9.96. The number of fused-ring (bicyclic) bond motifs is 3. The summed E-state index contributed by atoms with van der Waals surface area (Å²) in [5.41, 5.74) is 5.10. The summed E-state index contributed by atoms with van der Waals surface area (Å²) in [5, 5.41) is 9.71. The molecule has 37 heavy (non-hydrogen) atoms. The zero-order valence-corrected chi connectivity index (χ0v) is 21.8. The molecule has 4 aromatic rings. The Labute approximate surface area is 216 Å². The minimum atomic E-state index is -0.0634. The zero-order chi connectivity index (χ0) is 25.5. The van der Waals surface area contributed by atoms with E-state index in [-0.39, 0.29) is 23.9 Å². The lowest BCUT2D eigenvalue weighted by Crippen LogP contribution is -2.37. The van der Waals surface area contributed by atoms with Gasteiger partial charge in [0.25, 0.3) is 0 Å². The summed E-state index contributed by atoms with van der Waals surface area (Å²) in [5.74, 6) is 0. The molecule has 4 heterocycles. The average molecular weight is 503 g/mol. The molecule has 0 amide bonds. The Balaban J connectivity index is 1.28. The Hall–Kier alpha value is -3.14. The molecule has 2 aliphatic rings. The molecule has 1 saturated heterocycles. The highest BCUT2D eigenvalue weighted by atomic mass is 16.5. The average Bonchev–Trinajstić information content (AvgIpc) is 3.50. The van der Waals surface area contributed by atoms with Crippen molar-refractivity contribution >= 4 is 22.1 Å². The highest BCUT2D eigenvalue weighted by Crippen LogP contribution is 2.37. The van der Waals surface area contributed by atoms with Gasteiger partial charge in [0.1, 0.15) is 5.52 Å². The van der Waals surface area contributed by atoms with Crippen molar-refractivity contribution < 1.29 is 9.47 Å². The van der Waals surface area contributed by atoms with Gasteiger partial charge in [-0.15, -0.1) is 10.2 Å². The number of aromatic nitrogens is 5. The van der Waals surface area contributed by atoms with Crippen LogP contribution in [-0.2, 0) is 16.5 Å². The van der Waals surface area contributed by atoms with E-state index in [0.717, 1.165) is 59.2 Å². The molecule has 1 atom stereocenters. The molecule has 1 saturated carbocycles. The molecule has 9 nitrogen and oxygen atoms in total. The number of methoxy groups -OCH3 is 1. The van der Waals surface area contributed by atoms with Gasteiger partial charge in [0.2, 0.25) is 0 Å². The van der Waals surface area contributed by atoms with E-state index < -0.39 is 0 Å². The first-order chi connectivity index (χ1) is 18.0. The van der Waals surface area contributed by atoms with E-state index in [1.165, 1.54) is 25.9 Å². The molecule has 0 spiro atoms. The SMILES string of the molecule is CO[C@H]1C[C@H](n2c(=O)n(C)c3nnc4ccc(-c5ccc([C@@H](C)OCCN6CCCC6)nc5)cc4c32)C1. The van der Waals surface area contributed by atoms with E-state index in [4.69, 9.17) is 14.5 Å². The van der Waals surface area contributed by atoms with Gasteiger partial charge in [-0.2, -0.15) is 0 Å². The van der Waals surface area contributed by atoms with Gasteiger partial charge in [0.15, 0.2) is 5.65 Å². The molecule has 3 aromatic heterocycles. The first-order valence-electron chi connectivity index (χ1n) is 13.2. The molecule has 9 heteroatoms. The lowest BCUT2D eigenvalue weighted by Gasteiger charge is -2.34. The zero-order valence-electron chi connectivity index (χ0n) is 21.8. The number of aryl methyl sites for hydroxylation is 1. The van der Waals surface area contributed by atoms with Crippen LogP contribution in [0.3, 0.4) is 0 Å². The van der Waals surface area contributed by atoms with Crippen LogP contribution in [0, 0.1) is 0 Å². The fraction of sp³-hybridized carbons (Fsp3) is 0.500. The number of hydrogen-bond acceptors (Lipinski definition) is 7. The molecule has 1 aromatic carbocycles. The summed E-state index contributed by atoms with van der Waals surface area (Å²) < 4.78 is 15.0. The maximum Gasteiger partial charge on any atom is 0.330 e. The van der Waals surface area contributed by atoms with Crippen LogP contribution in [0.5, 0.6) is 0 Å². The van der Waals surface area contributed by atoms with Gasteiger partial charge in [0.05, 0.1) is 30.0 Å². The summed E-state index contributed by atoms with van der Waals surface area (Å²) in [6.07, 6.45) is 6.27. The fourth-order valence-electron chi connectivity index (χ4n) is 5.62. The Bertz CT molecular complexity index is 1470. The molecular weight excluding hydrogens is 468 g/mol.